The molecule has 58 valence electrons. The molecule has 0 aromatic heterocycles. The molecule has 1 atom stereocenters. The summed E-state index contributed by atoms with van der Waals surface area (Å²) in [5.74, 6) is 0. The molecule has 3 heteroatoms. The average Bonchev–Trinajstić information content (AvgIpc) is 2.10. The van der Waals surface area contributed by atoms with Gasteiger partial charge in [0.05, 0.1) is 12.6 Å². The van der Waals surface area contributed by atoms with E-state index in [1.165, 1.54) is 0 Å². The van der Waals surface area contributed by atoms with Crippen molar-refractivity contribution in [2.45, 2.75) is 25.6 Å². The Hall–Kier alpha value is -0.410. The van der Waals surface area contributed by atoms with Gasteiger partial charge >= 0.3 is 0 Å². The predicted octanol–water partition coefficient (Wildman–Crippen LogP) is 0.252. The Morgan fingerprint density at radius 2 is 2.30 bits per heavy atom. The minimum absolute atomic E-state index is 0.0602. The first-order valence-electron chi connectivity index (χ1n) is 3.40. The van der Waals surface area contributed by atoms with Crippen molar-refractivity contribution < 1.29 is 9.53 Å². The van der Waals surface area contributed by atoms with E-state index >= 15 is 0 Å². The molecule has 0 saturated carbocycles. The van der Waals surface area contributed by atoms with Gasteiger partial charge in [-0.25, -0.2) is 0 Å². The molecule has 3 nitrogen and oxygen atoms in total. The fourth-order valence-electron chi connectivity index (χ4n) is 1.03. The van der Waals surface area contributed by atoms with E-state index in [2.05, 4.69) is 0 Å². The fourth-order valence-corrected chi connectivity index (χ4v) is 1.03. The topological polar surface area (TPSA) is 29.5 Å². The first-order valence-corrected chi connectivity index (χ1v) is 3.40. The van der Waals surface area contributed by atoms with Crippen LogP contribution in [0.5, 0.6) is 0 Å². The van der Waals surface area contributed by atoms with Crippen LogP contribution in [0.3, 0.4) is 0 Å². The molecular weight excluding hydrogens is 130 g/mol. The van der Waals surface area contributed by atoms with Crippen molar-refractivity contribution in [2.24, 2.45) is 0 Å². The molecule has 0 radical (unpaired) electrons. The van der Waals surface area contributed by atoms with Gasteiger partial charge in [0.2, 0.25) is 0 Å². The van der Waals surface area contributed by atoms with Gasteiger partial charge < -0.3 is 9.53 Å². The summed E-state index contributed by atoms with van der Waals surface area (Å²) in [5, 5.41) is 0. The molecule has 1 aliphatic heterocycles. The lowest BCUT2D eigenvalue weighted by molar-refractivity contribution is -0.112. The Morgan fingerprint density at radius 3 is 2.50 bits per heavy atom. The summed E-state index contributed by atoms with van der Waals surface area (Å²) in [6.45, 7) is 4.43. The second-order valence-electron chi connectivity index (χ2n) is 3.07. The van der Waals surface area contributed by atoms with E-state index in [0.717, 1.165) is 6.29 Å². The maximum absolute atomic E-state index is 10.4. The van der Waals surface area contributed by atoms with Crippen LogP contribution in [-0.4, -0.2) is 36.6 Å². The number of hydrogen-bond donors (Lipinski definition) is 0. The van der Waals surface area contributed by atoms with Crippen LogP contribution in [0.4, 0.5) is 0 Å². The van der Waals surface area contributed by atoms with Crippen LogP contribution in [-0.2, 0) is 9.53 Å². The van der Waals surface area contributed by atoms with Gasteiger partial charge in [-0.15, -0.1) is 0 Å². The molecule has 0 aromatic carbocycles. The third-order valence-corrected chi connectivity index (χ3v) is 2.11. The van der Waals surface area contributed by atoms with Crippen molar-refractivity contribution in [2.75, 3.05) is 13.7 Å². The van der Waals surface area contributed by atoms with Gasteiger partial charge in [-0.2, -0.15) is 0 Å². The van der Waals surface area contributed by atoms with Gasteiger partial charge in [-0.05, 0) is 20.9 Å². The quantitative estimate of drug-likeness (QED) is 0.493. The van der Waals surface area contributed by atoms with Gasteiger partial charge in [0.25, 0.3) is 0 Å². The zero-order chi connectivity index (χ0) is 7.78. The van der Waals surface area contributed by atoms with Crippen molar-refractivity contribution in [3.8, 4) is 0 Å². The molecule has 1 fully saturated rings. The number of carbonyl (C=O) groups excluding carboxylic acids is 1. The smallest absolute Gasteiger partial charge is 0.139 e. The number of aldehydes is 1. The van der Waals surface area contributed by atoms with Crippen LogP contribution in [0.15, 0.2) is 0 Å². The normalized spacial score (nSPS) is 32.5. The zero-order valence-corrected chi connectivity index (χ0v) is 6.63. The number of nitrogens with zero attached hydrogens (tertiary/aromatic N) is 1. The molecule has 10 heavy (non-hydrogen) atoms. The minimum Gasteiger partial charge on any atom is -0.359 e. The zero-order valence-electron chi connectivity index (χ0n) is 6.63. The molecule has 1 saturated heterocycles. The van der Waals surface area contributed by atoms with Gasteiger partial charge in [-0.1, -0.05) is 0 Å². The number of hydrogen-bond acceptors (Lipinski definition) is 3. The Balaban J connectivity index is 2.66. The largest absolute Gasteiger partial charge is 0.359 e. The second-order valence-corrected chi connectivity index (χ2v) is 3.07. The van der Waals surface area contributed by atoms with Gasteiger partial charge in [-0.3, -0.25) is 4.90 Å². The van der Waals surface area contributed by atoms with Crippen LogP contribution in [0.1, 0.15) is 13.8 Å². The molecule has 0 aliphatic carbocycles. The highest BCUT2D eigenvalue weighted by Crippen LogP contribution is 2.23. The van der Waals surface area contributed by atoms with Crippen LogP contribution >= 0.6 is 0 Å². The third-order valence-electron chi connectivity index (χ3n) is 2.11. The number of likely N-dealkylation sites (N-methyl/N-ethyl adjacent to an activating group) is 1. The molecule has 0 N–H and O–H groups in total. The number of ether oxygens (including phenoxy) is 1. The highest BCUT2D eigenvalue weighted by Gasteiger charge is 2.37. The van der Waals surface area contributed by atoms with Crippen molar-refractivity contribution in [1.82, 2.24) is 4.90 Å². The molecular formula is C7H13NO2. The van der Waals surface area contributed by atoms with E-state index in [-0.39, 0.29) is 11.8 Å². The summed E-state index contributed by atoms with van der Waals surface area (Å²) in [7, 11) is 1.89. The van der Waals surface area contributed by atoms with Gasteiger partial charge in [0, 0.05) is 0 Å². The highest BCUT2D eigenvalue weighted by molar-refractivity contribution is 5.58. The number of rotatable bonds is 1. The Morgan fingerprint density at radius 1 is 1.70 bits per heavy atom. The summed E-state index contributed by atoms with van der Waals surface area (Å²) in [6, 6.07) is -0.0602. The minimum atomic E-state index is -0.272. The third kappa shape index (κ3) is 1.07. The lowest BCUT2D eigenvalue weighted by Crippen LogP contribution is -2.41. The summed E-state index contributed by atoms with van der Waals surface area (Å²) in [4.78, 5) is 12.3. The Labute approximate surface area is 61.0 Å². The standard InChI is InChI=1S/C7H13NO2/c1-7(2)8(3)6(4-9)5-10-7/h4,6H,5H2,1-3H3/t6-/m0/s1. The van der Waals surface area contributed by atoms with Gasteiger partial charge in [0.15, 0.2) is 0 Å². The fraction of sp³-hybridized carbons (Fsp3) is 0.857. The van der Waals surface area contributed by atoms with Crippen molar-refractivity contribution in [3.05, 3.63) is 0 Å². The molecule has 1 rings (SSSR count). The van der Waals surface area contributed by atoms with E-state index in [4.69, 9.17) is 4.74 Å². The summed E-state index contributed by atoms with van der Waals surface area (Å²) < 4.78 is 5.35. The lowest BCUT2D eigenvalue weighted by Gasteiger charge is -2.27. The van der Waals surface area contributed by atoms with Crippen molar-refractivity contribution in [3.63, 3.8) is 0 Å². The summed E-state index contributed by atoms with van der Waals surface area (Å²) >= 11 is 0. The van der Waals surface area contributed by atoms with Gasteiger partial charge in [0.1, 0.15) is 12.0 Å². The maximum atomic E-state index is 10.4. The lowest BCUT2D eigenvalue weighted by atomic mass is 10.2. The monoisotopic (exact) mass is 143 g/mol. The van der Waals surface area contributed by atoms with E-state index in [9.17, 15) is 4.79 Å². The summed E-state index contributed by atoms with van der Waals surface area (Å²) in [5.41, 5.74) is -0.272. The van der Waals surface area contributed by atoms with E-state index < -0.39 is 0 Å². The van der Waals surface area contributed by atoms with Crippen molar-refractivity contribution in [1.29, 1.82) is 0 Å². The SMILES string of the molecule is CN1[C@@H](C=O)COC1(C)C. The molecule has 0 bridgehead atoms. The molecule has 0 spiro atoms. The second kappa shape index (κ2) is 2.32. The van der Waals surface area contributed by atoms with E-state index in [1.807, 2.05) is 25.8 Å². The first kappa shape index (κ1) is 7.69. The van der Waals surface area contributed by atoms with Crippen LogP contribution in [0, 0.1) is 0 Å². The maximum Gasteiger partial charge on any atom is 0.139 e. The van der Waals surface area contributed by atoms with Crippen LogP contribution in [0.2, 0.25) is 0 Å². The average molecular weight is 143 g/mol. The predicted molar refractivity (Wildman–Crippen MR) is 37.6 cm³/mol. The summed E-state index contributed by atoms with van der Waals surface area (Å²) in [6.07, 6.45) is 0.925. The molecule has 0 unspecified atom stereocenters. The Bertz CT molecular complexity index is 145. The number of carbonyl (C=O) groups is 1. The Kier molecular flexibility index (Phi) is 1.79. The molecule has 0 aromatic rings. The van der Waals surface area contributed by atoms with E-state index in [1.54, 1.807) is 0 Å². The molecule has 0 amide bonds. The van der Waals surface area contributed by atoms with Crippen LogP contribution < -0.4 is 0 Å². The van der Waals surface area contributed by atoms with E-state index in [0.29, 0.717) is 6.61 Å². The van der Waals surface area contributed by atoms with Crippen molar-refractivity contribution >= 4 is 6.29 Å². The molecule has 1 aliphatic rings. The van der Waals surface area contributed by atoms with Crippen LogP contribution in [0.25, 0.3) is 0 Å². The molecule has 1 heterocycles. The highest BCUT2D eigenvalue weighted by atomic mass is 16.5. The first-order chi connectivity index (χ1) is 4.58.